The van der Waals surface area contributed by atoms with Gasteiger partial charge in [-0.1, -0.05) is 5.16 Å². The van der Waals surface area contributed by atoms with Crippen molar-refractivity contribution in [2.45, 2.75) is 31.4 Å². The van der Waals surface area contributed by atoms with Crippen LogP contribution in [0.4, 0.5) is 0 Å². The third-order valence-corrected chi connectivity index (χ3v) is 4.77. The van der Waals surface area contributed by atoms with Crippen LogP contribution in [0.15, 0.2) is 15.7 Å². The predicted octanol–water partition coefficient (Wildman–Crippen LogP) is 0.179. The van der Waals surface area contributed by atoms with Crippen LogP contribution in [0.2, 0.25) is 0 Å². The molecule has 2 fully saturated rings. The molecule has 2 amide bonds. The molecule has 0 spiro atoms. The highest BCUT2D eigenvalue weighted by Crippen LogP contribution is 2.29. The molecule has 0 aromatic carbocycles. The summed E-state index contributed by atoms with van der Waals surface area (Å²) < 4.78 is 9.90. The average Bonchev–Trinajstić information content (AvgIpc) is 3.23. The minimum Gasteiger partial charge on any atom is -0.479 e. The van der Waals surface area contributed by atoms with Crippen molar-refractivity contribution in [2.24, 2.45) is 11.1 Å². The van der Waals surface area contributed by atoms with Gasteiger partial charge in [0, 0.05) is 12.6 Å². The van der Waals surface area contributed by atoms with Crippen LogP contribution in [0.3, 0.4) is 0 Å². The number of carbonyl (C=O) groups excluding carboxylic acids is 2. The lowest BCUT2D eigenvalue weighted by molar-refractivity contribution is -0.116. The predicted molar refractivity (Wildman–Crippen MR) is 80.5 cm³/mol. The maximum atomic E-state index is 12.5. The number of methoxy groups -OCH3 is 1. The molecule has 3 heterocycles. The highest BCUT2D eigenvalue weighted by molar-refractivity contribution is 6.40. The number of nitrogens with zero attached hydrogens (tertiary/aromatic N) is 3. The van der Waals surface area contributed by atoms with Crippen LogP contribution in [0.25, 0.3) is 0 Å². The summed E-state index contributed by atoms with van der Waals surface area (Å²) in [7, 11) is 1.45. The van der Waals surface area contributed by atoms with Crippen molar-refractivity contribution in [3.05, 3.63) is 11.8 Å². The summed E-state index contributed by atoms with van der Waals surface area (Å²) in [5.41, 5.74) is 0.373. The SMILES string of the molecule is COc1cc(C(=O)N2C[C@@H]3C(C(=O)NC4CCC4)=NO[C@@H]3C2)on1. The van der Waals surface area contributed by atoms with Crippen molar-refractivity contribution in [3.8, 4) is 5.88 Å². The van der Waals surface area contributed by atoms with Gasteiger partial charge in [-0.05, 0) is 24.4 Å². The van der Waals surface area contributed by atoms with Crippen molar-refractivity contribution in [1.29, 1.82) is 0 Å². The molecule has 0 unspecified atom stereocenters. The van der Waals surface area contributed by atoms with E-state index in [0.29, 0.717) is 18.8 Å². The number of hydrogen-bond donors (Lipinski definition) is 1. The molecule has 128 valence electrons. The molecule has 2 atom stereocenters. The van der Waals surface area contributed by atoms with E-state index >= 15 is 0 Å². The van der Waals surface area contributed by atoms with Gasteiger partial charge in [0.1, 0.15) is 0 Å². The molecule has 9 nitrogen and oxygen atoms in total. The third-order valence-electron chi connectivity index (χ3n) is 4.77. The average molecular weight is 334 g/mol. The molecule has 9 heteroatoms. The Morgan fingerprint density at radius 3 is 2.88 bits per heavy atom. The molecule has 0 radical (unpaired) electrons. The van der Waals surface area contributed by atoms with Gasteiger partial charge in [0.15, 0.2) is 11.8 Å². The number of amides is 2. The number of rotatable bonds is 4. The van der Waals surface area contributed by atoms with E-state index < -0.39 is 0 Å². The molecule has 1 saturated heterocycles. The number of aromatic nitrogens is 1. The monoisotopic (exact) mass is 334 g/mol. The lowest BCUT2D eigenvalue weighted by Gasteiger charge is -2.26. The van der Waals surface area contributed by atoms with Gasteiger partial charge in [0.2, 0.25) is 5.76 Å². The standard InChI is InChI=1S/C15H18N4O5/c1-22-12-5-10(23-17-12)15(21)19-6-9-11(7-19)24-18-13(9)14(20)16-8-3-2-4-8/h5,8-9,11H,2-4,6-7H2,1H3,(H,16,20)/t9-,11+/m0/s1. The number of ether oxygens (including phenoxy) is 1. The Labute approximate surface area is 137 Å². The molecule has 1 aromatic rings. The van der Waals surface area contributed by atoms with E-state index in [1.807, 2.05) is 0 Å². The zero-order chi connectivity index (χ0) is 16.7. The van der Waals surface area contributed by atoms with Gasteiger partial charge >= 0.3 is 0 Å². The molecular formula is C15H18N4O5. The second kappa shape index (κ2) is 5.81. The van der Waals surface area contributed by atoms with E-state index in [1.165, 1.54) is 13.2 Å². The first-order valence-electron chi connectivity index (χ1n) is 8.00. The lowest BCUT2D eigenvalue weighted by atomic mass is 9.92. The topological polar surface area (TPSA) is 106 Å². The summed E-state index contributed by atoms with van der Waals surface area (Å²) in [5, 5.41) is 10.5. The van der Waals surface area contributed by atoms with E-state index in [9.17, 15) is 9.59 Å². The van der Waals surface area contributed by atoms with Crippen LogP contribution in [-0.2, 0) is 9.63 Å². The Balaban J connectivity index is 1.41. The Morgan fingerprint density at radius 1 is 1.38 bits per heavy atom. The quantitative estimate of drug-likeness (QED) is 0.842. The van der Waals surface area contributed by atoms with E-state index in [-0.39, 0.29) is 41.5 Å². The molecular weight excluding hydrogens is 316 g/mol. The summed E-state index contributed by atoms with van der Waals surface area (Å²) in [4.78, 5) is 31.7. The van der Waals surface area contributed by atoms with Gasteiger partial charge in [-0.2, -0.15) is 0 Å². The number of oxime groups is 1. The first-order chi connectivity index (χ1) is 11.7. The van der Waals surface area contributed by atoms with E-state index in [2.05, 4.69) is 15.6 Å². The number of fused-ring (bicyclic) bond motifs is 1. The molecule has 1 aromatic heterocycles. The van der Waals surface area contributed by atoms with Gasteiger partial charge in [-0.3, -0.25) is 9.59 Å². The van der Waals surface area contributed by atoms with Gasteiger partial charge in [0.25, 0.3) is 17.7 Å². The van der Waals surface area contributed by atoms with Crippen LogP contribution >= 0.6 is 0 Å². The number of hydrogen-bond acceptors (Lipinski definition) is 7. The fourth-order valence-corrected chi connectivity index (χ4v) is 3.13. The largest absolute Gasteiger partial charge is 0.479 e. The van der Waals surface area contributed by atoms with Crippen molar-refractivity contribution in [3.63, 3.8) is 0 Å². The highest BCUT2D eigenvalue weighted by Gasteiger charge is 2.47. The first-order valence-corrected chi connectivity index (χ1v) is 8.00. The summed E-state index contributed by atoms with van der Waals surface area (Å²) in [6, 6.07) is 1.68. The maximum Gasteiger partial charge on any atom is 0.292 e. The van der Waals surface area contributed by atoms with Crippen LogP contribution < -0.4 is 10.1 Å². The van der Waals surface area contributed by atoms with Crippen molar-refractivity contribution in [2.75, 3.05) is 20.2 Å². The molecule has 1 aliphatic carbocycles. The van der Waals surface area contributed by atoms with Crippen LogP contribution in [0, 0.1) is 5.92 Å². The molecule has 4 rings (SSSR count). The smallest absolute Gasteiger partial charge is 0.292 e. The second-order valence-corrected chi connectivity index (χ2v) is 6.27. The number of carbonyl (C=O) groups is 2. The van der Waals surface area contributed by atoms with Gasteiger partial charge in [0.05, 0.1) is 25.6 Å². The maximum absolute atomic E-state index is 12.5. The minimum atomic E-state index is -0.303. The zero-order valence-electron chi connectivity index (χ0n) is 13.2. The minimum absolute atomic E-state index is 0.101. The first kappa shape index (κ1) is 15.0. The molecule has 3 aliphatic rings. The van der Waals surface area contributed by atoms with Crippen LogP contribution in [0.1, 0.15) is 29.8 Å². The summed E-state index contributed by atoms with van der Waals surface area (Å²) in [6.07, 6.45) is 2.86. The fourth-order valence-electron chi connectivity index (χ4n) is 3.13. The summed E-state index contributed by atoms with van der Waals surface area (Å²) >= 11 is 0. The highest BCUT2D eigenvalue weighted by atomic mass is 16.6. The summed E-state index contributed by atoms with van der Waals surface area (Å²) in [5.74, 6) is -0.357. The van der Waals surface area contributed by atoms with Crippen LogP contribution in [-0.4, -0.2) is 59.9 Å². The van der Waals surface area contributed by atoms with Gasteiger partial charge in [-0.15, -0.1) is 0 Å². The molecule has 24 heavy (non-hydrogen) atoms. The molecule has 0 bridgehead atoms. The summed E-state index contributed by atoms with van der Waals surface area (Å²) in [6.45, 7) is 0.722. The van der Waals surface area contributed by atoms with Crippen molar-refractivity contribution in [1.82, 2.24) is 15.4 Å². The number of likely N-dealkylation sites (tertiary alicyclic amines) is 1. The number of nitrogens with one attached hydrogen (secondary N) is 1. The Hall–Kier alpha value is -2.58. The van der Waals surface area contributed by atoms with Gasteiger partial charge < -0.3 is 24.3 Å². The zero-order valence-corrected chi connectivity index (χ0v) is 13.2. The lowest BCUT2D eigenvalue weighted by Crippen LogP contribution is -2.45. The molecule has 2 aliphatic heterocycles. The van der Waals surface area contributed by atoms with E-state index in [4.69, 9.17) is 14.1 Å². The van der Waals surface area contributed by atoms with Crippen LogP contribution in [0.5, 0.6) is 5.88 Å². The Bertz CT molecular complexity index is 696. The Kier molecular flexibility index (Phi) is 3.62. The van der Waals surface area contributed by atoms with Gasteiger partial charge in [-0.25, -0.2) is 0 Å². The molecule has 1 N–H and O–H groups in total. The second-order valence-electron chi connectivity index (χ2n) is 6.27. The Morgan fingerprint density at radius 2 is 2.21 bits per heavy atom. The normalized spacial score (nSPS) is 25.5. The fraction of sp³-hybridized carbons (Fsp3) is 0.600. The van der Waals surface area contributed by atoms with E-state index in [0.717, 1.165) is 19.3 Å². The molecule has 1 saturated carbocycles. The van der Waals surface area contributed by atoms with Crippen molar-refractivity contribution < 1.29 is 23.7 Å². The van der Waals surface area contributed by atoms with Crippen molar-refractivity contribution >= 4 is 17.5 Å². The third kappa shape index (κ3) is 2.49. The van der Waals surface area contributed by atoms with E-state index in [1.54, 1.807) is 4.90 Å².